The summed E-state index contributed by atoms with van der Waals surface area (Å²) in [4.78, 5) is 12.4. The van der Waals surface area contributed by atoms with E-state index >= 15 is 0 Å². The van der Waals surface area contributed by atoms with Crippen LogP contribution in [0.2, 0.25) is 0 Å². The average Bonchev–Trinajstić information content (AvgIpc) is 3.16. The lowest BCUT2D eigenvalue weighted by atomic mass is 10.0. The molecule has 3 rings (SSSR count). The Hall–Kier alpha value is -2.60. The molecule has 1 amide bonds. The SMILES string of the molecule is CC[C@H](C)[C@H](C)NC(=O)CSc1nnc(-c2ccccc2)n1-c1ccccc1. The molecule has 0 saturated heterocycles. The molecule has 0 bridgehead atoms. The van der Waals surface area contributed by atoms with Gasteiger partial charge in [-0.05, 0) is 25.0 Å². The van der Waals surface area contributed by atoms with E-state index in [1.807, 2.05) is 65.2 Å². The number of hydrogen-bond acceptors (Lipinski definition) is 4. The second-order valence-electron chi connectivity index (χ2n) is 6.87. The van der Waals surface area contributed by atoms with Crippen LogP contribution in [0.3, 0.4) is 0 Å². The highest BCUT2D eigenvalue weighted by Gasteiger charge is 2.18. The van der Waals surface area contributed by atoms with Crippen molar-refractivity contribution in [1.29, 1.82) is 0 Å². The summed E-state index contributed by atoms with van der Waals surface area (Å²) in [5, 5.41) is 12.6. The molecule has 0 unspecified atom stereocenters. The third-order valence-electron chi connectivity index (χ3n) is 4.90. The number of carbonyl (C=O) groups excluding carboxylic acids is 1. The number of aromatic nitrogens is 3. The molecule has 6 heteroatoms. The molecular weight excluding hydrogens is 368 g/mol. The number of hydrogen-bond donors (Lipinski definition) is 1. The van der Waals surface area contributed by atoms with E-state index in [0.717, 1.165) is 23.5 Å². The van der Waals surface area contributed by atoms with Gasteiger partial charge in [-0.3, -0.25) is 9.36 Å². The first kappa shape index (κ1) is 20.1. The minimum atomic E-state index is 0.0154. The second kappa shape index (κ2) is 9.55. The largest absolute Gasteiger partial charge is 0.353 e. The Labute approximate surface area is 170 Å². The quantitative estimate of drug-likeness (QED) is 0.568. The summed E-state index contributed by atoms with van der Waals surface area (Å²) in [7, 11) is 0. The molecular formula is C22H26N4OS. The maximum atomic E-state index is 12.4. The zero-order valence-electron chi connectivity index (χ0n) is 16.5. The third-order valence-corrected chi connectivity index (χ3v) is 5.83. The van der Waals surface area contributed by atoms with E-state index in [0.29, 0.717) is 16.8 Å². The highest BCUT2D eigenvalue weighted by molar-refractivity contribution is 7.99. The van der Waals surface area contributed by atoms with Gasteiger partial charge in [0, 0.05) is 17.3 Å². The van der Waals surface area contributed by atoms with Crippen LogP contribution in [0.15, 0.2) is 65.8 Å². The average molecular weight is 395 g/mol. The van der Waals surface area contributed by atoms with E-state index in [1.165, 1.54) is 11.8 Å². The molecule has 1 aromatic heterocycles. The monoisotopic (exact) mass is 394 g/mol. The van der Waals surface area contributed by atoms with Gasteiger partial charge in [0.15, 0.2) is 11.0 Å². The van der Waals surface area contributed by atoms with Crippen molar-refractivity contribution in [3.63, 3.8) is 0 Å². The van der Waals surface area contributed by atoms with Crippen molar-refractivity contribution in [2.24, 2.45) is 5.92 Å². The molecule has 1 heterocycles. The van der Waals surface area contributed by atoms with Crippen LogP contribution >= 0.6 is 11.8 Å². The molecule has 2 aromatic carbocycles. The van der Waals surface area contributed by atoms with Crippen molar-refractivity contribution in [2.75, 3.05) is 5.75 Å². The Morgan fingerprint density at radius 2 is 1.68 bits per heavy atom. The van der Waals surface area contributed by atoms with Crippen LogP contribution in [0, 0.1) is 5.92 Å². The second-order valence-corrected chi connectivity index (χ2v) is 7.82. The Bertz CT molecular complexity index is 895. The maximum Gasteiger partial charge on any atom is 0.230 e. The Morgan fingerprint density at radius 3 is 2.32 bits per heavy atom. The van der Waals surface area contributed by atoms with Crippen LogP contribution in [0.1, 0.15) is 27.2 Å². The predicted molar refractivity (Wildman–Crippen MR) is 115 cm³/mol. The van der Waals surface area contributed by atoms with Gasteiger partial charge in [0.05, 0.1) is 5.75 Å². The Kier molecular flexibility index (Phi) is 6.87. The highest BCUT2D eigenvalue weighted by Crippen LogP contribution is 2.27. The first-order valence-corrected chi connectivity index (χ1v) is 10.6. The molecule has 0 spiro atoms. The van der Waals surface area contributed by atoms with E-state index in [2.05, 4.69) is 36.3 Å². The van der Waals surface area contributed by atoms with E-state index in [1.54, 1.807) is 0 Å². The fraction of sp³-hybridized carbons (Fsp3) is 0.318. The predicted octanol–water partition coefficient (Wildman–Crippen LogP) is 4.58. The topological polar surface area (TPSA) is 59.8 Å². The van der Waals surface area contributed by atoms with Gasteiger partial charge >= 0.3 is 0 Å². The number of nitrogens with one attached hydrogen (secondary N) is 1. The number of rotatable bonds is 8. The van der Waals surface area contributed by atoms with Gasteiger partial charge in [-0.15, -0.1) is 10.2 Å². The fourth-order valence-electron chi connectivity index (χ4n) is 2.87. The minimum Gasteiger partial charge on any atom is -0.353 e. The first-order chi connectivity index (χ1) is 13.6. The normalized spacial score (nSPS) is 13.1. The fourth-order valence-corrected chi connectivity index (χ4v) is 3.63. The molecule has 3 aromatic rings. The molecule has 28 heavy (non-hydrogen) atoms. The van der Waals surface area contributed by atoms with Gasteiger partial charge in [0.2, 0.25) is 5.91 Å². The number of carbonyl (C=O) groups is 1. The highest BCUT2D eigenvalue weighted by atomic mass is 32.2. The Morgan fingerprint density at radius 1 is 1.04 bits per heavy atom. The van der Waals surface area contributed by atoms with Crippen molar-refractivity contribution >= 4 is 17.7 Å². The van der Waals surface area contributed by atoms with Crippen LogP contribution in [0.25, 0.3) is 17.1 Å². The lowest BCUT2D eigenvalue weighted by molar-refractivity contribution is -0.119. The lowest BCUT2D eigenvalue weighted by Crippen LogP contribution is -2.37. The molecule has 0 aliphatic carbocycles. The van der Waals surface area contributed by atoms with Crippen LogP contribution in [-0.4, -0.2) is 32.5 Å². The molecule has 0 saturated carbocycles. The summed E-state index contributed by atoms with van der Waals surface area (Å²) < 4.78 is 2.01. The summed E-state index contributed by atoms with van der Waals surface area (Å²) in [6, 6.07) is 20.1. The summed E-state index contributed by atoms with van der Waals surface area (Å²) in [6.45, 7) is 6.34. The maximum absolute atomic E-state index is 12.4. The zero-order valence-corrected chi connectivity index (χ0v) is 17.3. The summed E-state index contributed by atoms with van der Waals surface area (Å²) >= 11 is 1.40. The summed E-state index contributed by atoms with van der Waals surface area (Å²) in [6.07, 6.45) is 1.04. The minimum absolute atomic E-state index is 0.0154. The first-order valence-electron chi connectivity index (χ1n) is 9.58. The van der Waals surface area contributed by atoms with Gasteiger partial charge in [-0.1, -0.05) is 80.6 Å². The van der Waals surface area contributed by atoms with Crippen molar-refractivity contribution in [3.05, 3.63) is 60.7 Å². The molecule has 146 valence electrons. The zero-order chi connectivity index (χ0) is 19.9. The molecule has 1 N–H and O–H groups in total. The van der Waals surface area contributed by atoms with E-state index in [9.17, 15) is 4.79 Å². The smallest absolute Gasteiger partial charge is 0.230 e. The van der Waals surface area contributed by atoms with E-state index < -0.39 is 0 Å². The summed E-state index contributed by atoms with van der Waals surface area (Å²) in [5.41, 5.74) is 1.96. The molecule has 0 aliphatic rings. The van der Waals surface area contributed by atoms with Crippen molar-refractivity contribution in [1.82, 2.24) is 20.1 Å². The molecule has 2 atom stereocenters. The van der Waals surface area contributed by atoms with Crippen molar-refractivity contribution in [2.45, 2.75) is 38.4 Å². The number of para-hydroxylation sites is 1. The van der Waals surface area contributed by atoms with Crippen LogP contribution in [0.4, 0.5) is 0 Å². The van der Waals surface area contributed by atoms with Gasteiger partial charge in [0.25, 0.3) is 0 Å². The van der Waals surface area contributed by atoms with Gasteiger partial charge in [-0.2, -0.15) is 0 Å². The van der Waals surface area contributed by atoms with Crippen molar-refractivity contribution in [3.8, 4) is 17.1 Å². The molecule has 0 aliphatic heterocycles. The number of thioether (sulfide) groups is 1. The van der Waals surface area contributed by atoms with Crippen LogP contribution in [-0.2, 0) is 4.79 Å². The van der Waals surface area contributed by atoms with Crippen LogP contribution in [0.5, 0.6) is 0 Å². The Balaban J connectivity index is 1.82. The number of benzene rings is 2. The van der Waals surface area contributed by atoms with E-state index in [-0.39, 0.29) is 11.9 Å². The molecule has 0 radical (unpaired) electrons. The van der Waals surface area contributed by atoms with Gasteiger partial charge in [0.1, 0.15) is 0 Å². The third kappa shape index (κ3) is 4.81. The molecule has 0 fully saturated rings. The van der Waals surface area contributed by atoms with Gasteiger partial charge in [-0.25, -0.2) is 0 Å². The number of amides is 1. The van der Waals surface area contributed by atoms with E-state index in [4.69, 9.17) is 0 Å². The van der Waals surface area contributed by atoms with Crippen LogP contribution < -0.4 is 5.32 Å². The molecule has 5 nitrogen and oxygen atoms in total. The van der Waals surface area contributed by atoms with Gasteiger partial charge < -0.3 is 5.32 Å². The summed E-state index contributed by atoms with van der Waals surface area (Å²) in [5.74, 6) is 1.54. The van der Waals surface area contributed by atoms with Crippen molar-refractivity contribution < 1.29 is 4.79 Å². The number of nitrogens with zero attached hydrogens (tertiary/aromatic N) is 3. The lowest BCUT2D eigenvalue weighted by Gasteiger charge is -2.19. The standard InChI is InChI=1S/C22H26N4OS/c1-4-16(2)17(3)23-20(27)15-28-22-25-24-21(18-11-7-5-8-12-18)26(22)19-13-9-6-10-14-19/h5-14,16-17H,4,15H2,1-3H3,(H,23,27)/t16-,17-/m0/s1.